The predicted octanol–water partition coefficient (Wildman–Crippen LogP) is 6.73. The summed E-state index contributed by atoms with van der Waals surface area (Å²) < 4.78 is 0. The molecule has 0 radical (unpaired) electrons. The number of anilines is 1. The number of imide groups is 1. The Hall–Kier alpha value is -2.53. The lowest BCUT2D eigenvalue weighted by Crippen LogP contribution is -2.51. The van der Waals surface area contributed by atoms with Crippen LogP contribution in [0.25, 0.3) is 6.08 Å². The molecule has 2 heterocycles. The van der Waals surface area contributed by atoms with E-state index in [0.717, 1.165) is 34.9 Å². The molecule has 2 aromatic rings. The Kier molecular flexibility index (Phi) is 5.97. The van der Waals surface area contributed by atoms with Crippen molar-refractivity contribution < 1.29 is 9.59 Å². The van der Waals surface area contributed by atoms with Gasteiger partial charge in [-0.25, -0.2) is 0 Å². The van der Waals surface area contributed by atoms with Gasteiger partial charge in [-0.05, 0) is 99.2 Å². The van der Waals surface area contributed by atoms with E-state index in [1.165, 1.54) is 16.2 Å². The van der Waals surface area contributed by atoms with Crippen LogP contribution in [-0.4, -0.2) is 27.6 Å². The van der Waals surface area contributed by atoms with Crippen molar-refractivity contribution in [3.63, 3.8) is 0 Å². The van der Waals surface area contributed by atoms with Crippen molar-refractivity contribution in [2.24, 2.45) is 0 Å². The summed E-state index contributed by atoms with van der Waals surface area (Å²) in [6, 6.07) is 14.5. The summed E-state index contributed by atoms with van der Waals surface area (Å²) in [6.45, 7) is 13.8. The minimum atomic E-state index is -0.209. The molecule has 2 amide bonds. The molecule has 1 saturated heterocycles. The summed E-state index contributed by atoms with van der Waals surface area (Å²) in [4.78, 5) is 30.0. The Morgan fingerprint density at radius 1 is 1.16 bits per heavy atom. The van der Waals surface area contributed by atoms with Gasteiger partial charge < -0.3 is 4.90 Å². The molecular weight excluding hydrogens is 416 g/mol. The van der Waals surface area contributed by atoms with Crippen molar-refractivity contribution in [2.75, 3.05) is 4.90 Å². The third-order valence-corrected chi connectivity index (χ3v) is 7.43. The van der Waals surface area contributed by atoms with Crippen molar-refractivity contribution in [2.45, 2.75) is 72.0 Å². The smallest absolute Gasteiger partial charge is 0.293 e. The lowest BCUT2D eigenvalue weighted by atomic mass is 9.78. The quantitative estimate of drug-likeness (QED) is 0.486. The zero-order valence-electron chi connectivity index (χ0n) is 19.8. The number of hydrogen-bond donors (Lipinski definition) is 0. The fourth-order valence-corrected chi connectivity index (χ4v) is 6.12. The number of benzene rings is 2. The molecule has 168 valence electrons. The molecule has 0 bridgehead atoms. The highest BCUT2D eigenvalue weighted by Crippen LogP contribution is 2.46. The molecule has 0 unspecified atom stereocenters. The molecular formula is C27H32N2O2S. The first-order chi connectivity index (χ1) is 15.1. The fourth-order valence-electron chi connectivity index (χ4n) is 5.29. The number of amides is 2. The second-order valence-corrected chi connectivity index (χ2v) is 10.9. The highest BCUT2D eigenvalue weighted by Gasteiger charge is 2.38. The molecule has 1 atom stereocenters. The maximum atomic E-state index is 13.0. The molecule has 2 aromatic carbocycles. The lowest BCUT2D eigenvalue weighted by molar-refractivity contribution is -0.123. The van der Waals surface area contributed by atoms with Gasteiger partial charge in [0.2, 0.25) is 0 Å². The summed E-state index contributed by atoms with van der Waals surface area (Å²) in [5.74, 6) is 0.217. The summed E-state index contributed by atoms with van der Waals surface area (Å²) in [7, 11) is 0. The SMILES string of the molecule is Cc1cc2c(cc1/C=C1\SC(=O)N(Cc3ccccc3)C1=O)[C@H](C)CC(C)(C)N2C(C)C. The fraction of sp³-hybridized carbons (Fsp3) is 0.407. The van der Waals surface area contributed by atoms with Crippen molar-refractivity contribution in [1.82, 2.24) is 4.90 Å². The summed E-state index contributed by atoms with van der Waals surface area (Å²) in [5, 5.41) is -0.207. The molecule has 2 aliphatic heterocycles. The summed E-state index contributed by atoms with van der Waals surface area (Å²) in [5.41, 5.74) is 5.79. The van der Waals surface area contributed by atoms with E-state index in [1.807, 2.05) is 36.4 Å². The van der Waals surface area contributed by atoms with Crippen molar-refractivity contribution in [3.8, 4) is 0 Å². The first kappa shape index (κ1) is 22.7. The average molecular weight is 449 g/mol. The van der Waals surface area contributed by atoms with Crippen LogP contribution in [-0.2, 0) is 11.3 Å². The topological polar surface area (TPSA) is 40.6 Å². The highest BCUT2D eigenvalue weighted by atomic mass is 32.2. The molecule has 5 heteroatoms. The monoisotopic (exact) mass is 448 g/mol. The van der Waals surface area contributed by atoms with E-state index in [0.29, 0.717) is 23.4 Å². The van der Waals surface area contributed by atoms with Crippen molar-refractivity contribution >= 4 is 34.7 Å². The normalized spacial score (nSPS) is 21.6. The Morgan fingerprint density at radius 2 is 1.84 bits per heavy atom. The van der Waals surface area contributed by atoms with Crippen LogP contribution in [0.2, 0.25) is 0 Å². The van der Waals surface area contributed by atoms with Gasteiger partial charge in [0.25, 0.3) is 11.1 Å². The number of carbonyl (C=O) groups is 2. The Morgan fingerprint density at radius 3 is 2.50 bits per heavy atom. The van der Waals surface area contributed by atoms with Crippen LogP contribution in [0.5, 0.6) is 0 Å². The Bertz CT molecular complexity index is 1090. The summed E-state index contributed by atoms with van der Waals surface area (Å²) in [6.07, 6.45) is 2.98. The zero-order valence-corrected chi connectivity index (χ0v) is 20.6. The third kappa shape index (κ3) is 4.11. The number of rotatable bonds is 4. The average Bonchev–Trinajstić information content (AvgIpc) is 2.96. The zero-order chi connectivity index (χ0) is 23.2. The van der Waals surface area contributed by atoms with Gasteiger partial charge in [-0.1, -0.05) is 37.3 Å². The predicted molar refractivity (Wildman–Crippen MR) is 134 cm³/mol. The molecule has 0 spiro atoms. The van der Waals surface area contributed by atoms with E-state index in [2.05, 4.69) is 58.6 Å². The van der Waals surface area contributed by atoms with Gasteiger partial charge in [-0.3, -0.25) is 14.5 Å². The van der Waals surface area contributed by atoms with E-state index < -0.39 is 0 Å². The highest BCUT2D eigenvalue weighted by molar-refractivity contribution is 8.18. The first-order valence-electron chi connectivity index (χ1n) is 11.3. The van der Waals surface area contributed by atoms with Crippen molar-refractivity contribution in [1.29, 1.82) is 0 Å². The number of hydrogen-bond acceptors (Lipinski definition) is 4. The van der Waals surface area contributed by atoms with Crippen molar-refractivity contribution in [3.05, 3.63) is 69.6 Å². The van der Waals surface area contributed by atoms with Crippen LogP contribution < -0.4 is 4.90 Å². The molecule has 4 rings (SSSR count). The van der Waals surface area contributed by atoms with Gasteiger partial charge in [0, 0.05) is 17.3 Å². The van der Waals surface area contributed by atoms with E-state index in [1.54, 1.807) is 0 Å². The van der Waals surface area contributed by atoms with Crippen LogP contribution >= 0.6 is 11.8 Å². The number of fused-ring (bicyclic) bond motifs is 1. The largest absolute Gasteiger partial charge is 0.364 e. The van der Waals surface area contributed by atoms with E-state index in [9.17, 15) is 9.59 Å². The minimum Gasteiger partial charge on any atom is -0.364 e. The number of carbonyl (C=O) groups excluding carboxylic acids is 2. The molecule has 0 N–H and O–H groups in total. The van der Waals surface area contributed by atoms with Gasteiger partial charge >= 0.3 is 0 Å². The molecule has 0 saturated carbocycles. The van der Waals surface area contributed by atoms with Crippen LogP contribution in [0.15, 0.2) is 47.4 Å². The minimum absolute atomic E-state index is 0.0919. The van der Waals surface area contributed by atoms with Gasteiger partial charge in [-0.15, -0.1) is 0 Å². The van der Waals surface area contributed by atoms with Gasteiger partial charge in [0.1, 0.15) is 0 Å². The standard InChI is InChI=1S/C27H32N2O2S/c1-17(2)29-23-12-18(3)21(13-22(23)19(4)15-27(29,5)6)14-24-25(30)28(26(31)32-24)16-20-10-8-7-9-11-20/h7-14,17,19H,15-16H2,1-6H3/b24-14-/t19-/m1/s1. The molecule has 2 aliphatic rings. The molecule has 32 heavy (non-hydrogen) atoms. The second-order valence-electron chi connectivity index (χ2n) is 9.90. The lowest BCUT2D eigenvalue weighted by Gasteiger charge is -2.50. The molecule has 4 nitrogen and oxygen atoms in total. The number of aryl methyl sites for hydroxylation is 1. The molecule has 0 aliphatic carbocycles. The second kappa shape index (κ2) is 8.43. The Labute approximate surface area is 195 Å². The maximum Gasteiger partial charge on any atom is 0.293 e. The van der Waals surface area contributed by atoms with Gasteiger partial charge in [0.15, 0.2) is 0 Å². The maximum absolute atomic E-state index is 13.0. The molecule has 0 aromatic heterocycles. The molecule has 1 fully saturated rings. The van der Waals surface area contributed by atoms with Gasteiger partial charge in [-0.2, -0.15) is 0 Å². The number of thioether (sulfide) groups is 1. The van der Waals surface area contributed by atoms with Crippen LogP contribution in [0, 0.1) is 6.92 Å². The van der Waals surface area contributed by atoms with Crippen LogP contribution in [0.3, 0.4) is 0 Å². The number of nitrogens with zero attached hydrogens (tertiary/aromatic N) is 2. The van der Waals surface area contributed by atoms with E-state index in [4.69, 9.17) is 0 Å². The van der Waals surface area contributed by atoms with E-state index >= 15 is 0 Å². The summed E-state index contributed by atoms with van der Waals surface area (Å²) >= 11 is 1.04. The Balaban J connectivity index is 1.67. The first-order valence-corrected chi connectivity index (χ1v) is 12.1. The van der Waals surface area contributed by atoms with E-state index in [-0.39, 0.29) is 16.7 Å². The van der Waals surface area contributed by atoms with Crippen LogP contribution in [0.1, 0.15) is 69.2 Å². The van der Waals surface area contributed by atoms with Crippen LogP contribution in [0.4, 0.5) is 10.5 Å². The van der Waals surface area contributed by atoms with Gasteiger partial charge in [0.05, 0.1) is 11.4 Å². The third-order valence-electron chi connectivity index (χ3n) is 6.52.